The molecule has 1 atom stereocenters. The Hall–Kier alpha value is -3.31. The SMILES string of the molecule is COc1ccc(C2(C(=O)Nc3cccc(-c4ccc(S(=O)(=O)N5CCC[C@@H]5CO)cc4)n3)CCNCC2)cc1. The molecule has 10 heteroatoms. The number of rotatable bonds is 8. The van der Waals surface area contributed by atoms with E-state index in [9.17, 15) is 18.3 Å². The van der Waals surface area contributed by atoms with Gasteiger partial charge in [0.15, 0.2) is 0 Å². The predicted octanol–water partition coefficient (Wildman–Crippen LogP) is 3.16. The molecule has 0 bridgehead atoms. The molecule has 3 heterocycles. The Morgan fingerprint density at radius 2 is 1.82 bits per heavy atom. The first-order valence-corrected chi connectivity index (χ1v) is 14.7. The van der Waals surface area contributed by atoms with Crippen LogP contribution < -0.4 is 15.4 Å². The number of sulfonamides is 1. The standard InChI is InChI=1S/C29H34N4O5S/c1-38-24-11-9-22(10-12-24)29(15-17-30-18-16-29)28(35)32-27-6-2-5-26(31-27)21-7-13-25(14-8-21)39(36,37)33-19-3-4-23(33)20-34/h2,5-14,23,30,34H,3-4,15-20H2,1H3,(H,31,32,35)/t23-/m1/s1. The maximum Gasteiger partial charge on any atom is 0.243 e. The van der Waals surface area contributed by atoms with Crippen molar-refractivity contribution in [2.75, 3.05) is 38.7 Å². The van der Waals surface area contributed by atoms with Gasteiger partial charge in [-0.1, -0.05) is 30.3 Å². The average Bonchev–Trinajstić information content (AvgIpc) is 3.48. The number of aromatic nitrogens is 1. The smallest absolute Gasteiger partial charge is 0.243 e. The topological polar surface area (TPSA) is 121 Å². The summed E-state index contributed by atoms with van der Waals surface area (Å²) in [6, 6.07) is 19.3. The Morgan fingerprint density at radius 3 is 2.49 bits per heavy atom. The molecule has 0 aliphatic carbocycles. The summed E-state index contributed by atoms with van der Waals surface area (Å²) in [5.74, 6) is 1.07. The summed E-state index contributed by atoms with van der Waals surface area (Å²) in [6.07, 6.45) is 2.72. The van der Waals surface area contributed by atoms with E-state index in [2.05, 4.69) is 15.6 Å². The van der Waals surface area contributed by atoms with Crippen molar-refractivity contribution in [1.82, 2.24) is 14.6 Å². The van der Waals surface area contributed by atoms with Gasteiger partial charge in [0, 0.05) is 18.2 Å². The van der Waals surface area contributed by atoms with Gasteiger partial charge in [-0.25, -0.2) is 13.4 Å². The molecule has 3 N–H and O–H groups in total. The third kappa shape index (κ3) is 5.42. The minimum atomic E-state index is -3.69. The fourth-order valence-electron chi connectivity index (χ4n) is 5.55. The molecule has 0 saturated carbocycles. The van der Waals surface area contributed by atoms with E-state index in [0.29, 0.717) is 37.3 Å². The van der Waals surface area contributed by atoms with Gasteiger partial charge in [-0.3, -0.25) is 4.79 Å². The fraction of sp³-hybridized carbons (Fsp3) is 0.379. The zero-order chi connectivity index (χ0) is 27.5. The number of amides is 1. The van der Waals surface area contributed by atoms with Crippen molar-refractivity contribution in [3.8, 4) is 17.0 Å². The normalized spacial score (nSPS) is 19.5. The van der Waals surface area contributed by atoms with Crippen LogP contribution in [0.15, 0.2) is 71.6 Å². The maximum absolute atomic E-state index is 13.7. The lowest BCUT2D eigenvalue weighted by Crippen LogP contribution is -2.48. The van der Waals surface area contributed by atoms with Crippen LogP contribution >= 0.6 is 0 Å². The summed E-state index contributed by atoms with van der Waals surface area (Å²) in [5.41, 5.74) is 1.61. The molecule has 206 valence electrons. The molecule has 0 spiro atoms. The van der Waals surface area contributed by atoms with Crippen LogP contribution in [0.25, 0.3) is 11.3 Å². The van der Waals surface area contributed by atoms with Gasteiger partial charge < -0.3 is 20.5 Å². The Morgan fingerprint density at radius 1 is 1.10 bits per heavy atom. The second-order valence-corrected chi connectivity index (χ2v) is 11.9. The zero-order valence-electron chi connectivity index (χ0n) is 22.0. The molecule has 0 unspecified atom stereocenters. The first kappa shape index (κ1) is 27.3. The first-order valence-electron chi connectivity index (χ1n) is 13.2. The lowest BCUT2D eigenvalue weighted by atomic mass is 9.72. The lowest BCUT2D eigenvalue weighted by molar-refractivity contribution is -0.122. The number of aliphatic hydroxyl groups excluding tert-OH is 1. The van der Waals surface area contributed by atoms with Crippen LogP contribution in [-0.2, 0) is 20.2 Å². The van der Waals surface area contributed by atoms with Crippen molar-refractivity contribution in [2.24, 2.45) is 0 Å². The monoisotopic (exact) mass is 550 g/mol. The number of hydrogen-bond acceptors (Lipinski definition) is 7. The van der Waals surface area contributed by atoms with Gasteiger partial charge >= 0.3 is 0 Å². The quantitative estimate of drug-likeness (QED) is 0.394. The Bertz CT molecular complexity index is 1400. The van der Waals surface area contributed by atoms with E-state index >= 15 is 0 Å². The number of piperidine rings is 1. The summed E-state index contributed by atoms with van der Waals surface area (Å²) in [4.78, 5) is 18.6. The molecule has 2 aromatic carbocycles. The molecule has 2 saturated heterocycles. The molecule has 2 aliphatic heterocycles. The van der Waals surface area contributed by atoms with Crippen LogP contribution in [0.4, 0.5) is 5.82 Å². The van der Waals surface area contributed by atoms with Crippen molar-refractivity contribution >= 4 is 21.7 Å². The van der Waals surface area contributed by atoms with Gasteiger partial charge in [-0.2, -0.15) is 4.31 Å². The number of ether oxygens (including phenoxy) is 1. The average molecular weight is 551 g/mol. The zero-order valence-corrected chi connectivity index (χ0v) is 22.8. The molecule has 9 nitrogen and oxygen atoms in total. The third-order valence-corrected chi connectivity index (χ3v) is 9.78. The summed E-state index contributed by atoms with van der Waals surface area (Å²) in [6.45, 7) is 1.69. The molecule has 5 rings (SSSR count). The fourth-order valence-corrected chi connectivity index (χ4v) is 7.24. The van der Waals surface area contributed by atoms with E-state index in [0.717, 1.165) is 36.4 Å². The van der Waals surface area contributed by atoms with Crippen molar-refractivity contribution in [1.29, 1.82) is 0 Å². The highest BCUT2D eigenvalue weighted by Gasteiger charge is 2.41. The van der Waals surface area contributed by atoms with Gasteiger partial charge in [0.2, 0.25) is 15.9 Å². The van der Waals surface area contributed by atoms with E-state index < -0.39 is 15.4 Å². The highest BCUT2D eigenvalue weighted by molar-refractivity contribution is 7.89. The number of methoxy groups -OCH3 is 1. The van der Waals surface area contributed by atoms with Gasteiger partial charge in [-0.05, 0) is 80.7 Å². The number of nitrogens with zero attached hydrogens (tertiary/aromatic N) is 2. The number of carbonyl (C=O) groups is 1. The number of anilines is 1. The van der Waals surface area contributed by atoms with Crippen molar-refractivity contribution in [3.05, 3.63) is 72.3 Å². The summed E-state index contributed by atoms with van der Waals surface area (Å²) in [5, 5.41) is 15.9. The van der Waals surface area contributed by atoms with Gasteiger partial charge in [-0.15, -0.1) is 0 Å². The molecule has 39 heavy (non-hydrogen) atoms. The van der Waals surface area contributed by atoms with Crippen LogP contribution in [-0.4, -0.2) is 68.1 Å². The van der Waals surface area contributed by atoms with Crippen LogP contribution in [0.5, 0.6) is 5.75 Å². The first-order chi connectivity index (χ1) is 18.9. The lowest BCUT2D eigenvalue weighted by Gasteiger charge is -2.36. The molecule has 1 aromatic heterocycles. The summed E-state index contributed by atoms with van der Waals surface area (Å²) in [7, 11) is -2.07. The van der Waals surface area contributed by atoms with Gasteiger partial charge in [0.05, 0.1) is 29.7 Å². The van der Waals surface area contributed by atoms with Crippen LogP contribution in [0.1, 0.15) is 31.2 Å². The van der Waals surface area contributed by atoms with E-state index in [1.165, 1.54) is 4.31 Å². The van der Waals surface area contributed by atoms with Crippen LogP contribution in [0.3, 0.4) is 0 Å². The summed E-state index contributed by atoms with van der Waals surface area (Å²) >= 11 is 0. The Labute approximate surface area is 229 Å². The van der Waals surface area contributed by atoms with Crippen molar-refractivity contribution < 1.29 is 23.1 Å². The minimum absolute atomic E-state index is 0.107. The second-order valence-electron chi connectivity index (χ2n) is 10.0. The molecule has 1 amide bonds. The van der Waals surface area contributed by atoms with E-state index in [4.69, 9.17) is 4.74 Å². The molecule has 2 aliphatic rings. The highest BCUT2D eigenvalue weighted by atomic mass is 32.2. The van der Waals surface area contributed by atoms with E-state index in [1.54, 1.807) is 37.4 Å². The number of hydrogen-bond donors (Lipinski definition) is 3. The summed E-state index contributed by atoms with van der Waals surface area (Å²) < 4.78 is 32.9. The molecule has 0 radical (unpaired) electrons. The molecular weight excluding hydrogens is 516 g/mol. The molecular formula is C29H34N4O5S. The molecule has 2 fully saturated rings. The number of carbonyl (C=O) groups excluding carboxylic acids is 1. The maximum atomic E-state index is 13.7. The predicted molar refractivity (Wildman–Crippen MR) is 149 cm³/mol. The second kappa shape index (κ2) is 11.4. The van der Waals surface area contributed by atoms with E-state index in [1.807, 2.05) is 36.4 Å². The number of aliphatic hydroxyl groups is 1. The Kier molecular flexibility index (Phi) is 7.99. The van der Waals surface area contributed by atoms with Crippen LogP contribution in [0, 0.1) is 0 Å². The van der Waals surface area contributed by atoms with Gasteiger partial charge in [0.25, 0.3) is 0 Å². The van der Waals surface area contributed by atoms with Crippen LogP contribution in [0.2, 0.25) is 0 Å². The minimum Gasteiger partial charge on any atom is -0.497 e. The Balaban J connectivity index is 1.36. The number of nitrogens with one attached hydrogen (secondary N) is 2. The number of benzene rings is 2. The van der Waals surface area contributed by atoms with E-state index in [-0.39, 0.29) is 23.5 Å². The molecule has 3 aromatic rings. The largest absolute Gasteiger partial charge is 0.497 e. The van der Waals surface area contributed by atoms with Crippen molar-refractivity contribution in [2.45, 2.75) is 42.0 Å². The highest BCUT2D eigenvalue weighted by Crippen LogP contribution is 2.36. The van der Waals surface area contributed by atoms with Gasteiger partial charge in [0.1, 0.15) is 11.6 Å². The number of pyridine rings is 1. The van der Waals surface area contributed by atoms with Crippen molar-refractivity contribution in [3.63, 3.8) is 0 Å². The third-order valence-electron chi connectivity index (χ3n) is 7.82.